The van der Waals surface area contributed by atoms with Crippen LogP contribution >= 0.6 is 11.3 Å². The number of thiophene rings is 1. The molecule has 0 atom stereocenters. The highest BCUT2D eigenvalue weighted by Crippen LogP contribution is 2.29. The van der Waals surface area contributed by atoms with Crippen molar-refractivity contribution in [1.82, 2.24) is 10.3 Å². The summed E-state index contributed by atoms with van der Waals surface area (Å²) in [6, 6.07) is 5.66. The van der Waals surface area contributed by atoms with Gasteiger partial charge >= 0.3 is 5.63 Å². The lowest BCUT2D eigenvalue weighted by molar-refractivity contribution is 0.0954. The molecule has 1 amide bonds. The fraction of sp³-hybridized carbons (Fsp3) is 0.480. The monoisotopic (exact) mass is 487 g/mol. The first-order valence-corrected chi connectivity index (χ1v) is 12.5. The lowest BCUT2D eigenvalue weighted by atomic mass is 10.1. The molecule has 8 nitrogen and oxygen atoms in total. The van der Waals surface area contributed by atoms with Crippen molar-refractivity contribution in [2.24, 2.45) is 0 Å². The van der Waals surface area contributed by atoms with Crippen LogP contribution in [0.3, 0.4) is 0 Å². The standard InChI is InChI=1S/C25H33N3O5S/c1-5-6-7-8-9-10-13-26-25-28-23-20(24(30)33-25)16(2)21(34-23)22(29)27-15-17-11-12-18(31-3)19(14-17)32-4/h11-12,14H,5-10,13,15H2,1-4H3,(H,26,28)(H,27,29). The van der Waals surface area contributed by atoms with Crippen molar-refractivity contribution in [1.29, 1.82) is 0 Å². The number of nitrogens with one attached hydrogen (secondary N) is 2. The van der Waals surface area contributed by atoms with E-state index in [1.54, 1.807) is 27.2 Å². The van der Waals surface area contributed by atoms with Crippen LogP contribution in [0.5, 0.6) is 11.5 Å². The van der Waals surface area contributed by atoms with E-state index in [1.807, 2.05) is 12.1 Å². The number of hydrogen-bond donors (Lipinski definition) is 2. The summed E-state index contributed by atoms with van der Waals surface area (Å²) in [4.78, 5) is 30.8. The molecule has 0 spiro atoms. The Morgan fingerprint density at radius 2 is 1.82 bits per heavy atom. The Hall–Kier alpha value is -3.07. The van der Waals surface area contributed by atoms with E-state index in [0.29, 0.717) is 45.2 Å². The zero-order valence-corrected chi connectivity index (χ0v) is 21.1. The summed E-state index contributed by atoms with van der Waals surface area (Å²) in [5.74, 6) is 0.947. The molecule has 2 aromatic heterocycles. The topological polar surface area (TPSA) is 103 Å². The normalized spacial score (nSPS) is 10.9. The molecular formula is C25H33N3O5S. The number of anilines is 1. The Kier molecular flexibility index (Phi) is 9.33. The van der Waals surface area contributed by atoms with E-state index in [2.05, 4.69) is 22.5 Å². The van der Waals surface area contributed by atoms with Gasteiger partial charge in [-0.2, -0.15) is 4.98 Å². The summed E-state index contributed by atoms with van der Waals surface area (Å²) >= 11 is 1.19. The van der Waals surface area contributed by atoms with Crippen molar-refractivity contribution in [3.05, 3.63) is 44.6 Å². The number of benzene rings is 1. The van der Waals surface area contributed by atoms with Crippen LogP contribution in [-0.2, 0) is 6.54 Å². The Balaban J connectivity index is 1.65. The number of nitrogens with zero attached hydrogens (tertiary/aromatic N) is 1. The molecule has 3 aromatic rings. The van der Waals surface area contributed by atoms with Crippen LogP contribution in [-0.4, -0.2) is 31.7 Å². The van der Waals surface area contributed by atoms with Gasteiger partial charge in [0.25, 0.3) is 11.9 Å². The first kappa shape index (κ1) is 25.6. The number of aromatic nitrogens is 1. The van der Waals surface area contributed by atoms with E-state index in [-0.39, 0.29) is 11.9 Å². The van der Waals surface area contributed by atoms with Crippen molar-refractivity contribution >= 4 is 33.5 Å². The van der Waals surface area contributed by atoms with Crippen molar-refractivity contribution < 1.29 is 18.7 Å². The first-order chi connectivity index (χ1) is 16.5. The first-order valence-electron chi connectivity index (χ1n) is 11.7. The maximum absolute atomic E-state index is 12.9. The number of ether oxygens (including phenoxy) is 2. The van der Waals surface area contributed by atoms with E-state index in [4.69, 9.17) is 13.9 Å². The van der Waals surface area contributed by atoms with Crippen LogP contribution in [0.15, 0.2) is 27.4 Å². The number of carbonyl (C=O) groups is 1. The molecular weight excluding hydrogens is 454 g/mol. The number of carbonyl (C=O) groups excluding carboxylic acids is 1. The second kappa shape index (κ2) is 12.4. The minimum absolute atomic E-state index is 0.199. The third kappa shape index (κ3) is 6.28. The molecule has 0 bridgehead atoms. The Morgan fingerprint density at radius 3 is 2.56 bits per heavy atom. The number of fused-ring (bicyclic) bond motifs is 1. The summed E-state index contributed by atoms with van der Waals surface area (Å²) in [6.45, 7) is 4.94. The van der Waals surface area contributed by atoms with E-state index in [1.165, 1.54) is 37.0 Å². The van der Waals surface area contributed by atoms with E-state index in [9.17, 15) is 9.59 Å². The predicted octanol–water partition coefficient (Wildman–Crippen LogP) is 5.28. The third-order valence-electron chi connectivity index (χ3n) is 5.64. The fourth-order valence-corrected chi connectivity index (χ4v) is 4.80. The van der Waals surface area contributed by atoms with Crippen molar-refractivity contribution in [3.8, 4) is 11.5 Å². The Bertz CT molecular complexity index is 1170. The van der Waals surface area contributed by atoms with Crippen LogP contribution < -0.4 is 25.7 Å². The van der Waals surface area contributed by atoms with Gasteiger partial charge in [-0.3, -0.25) is 4.79 Å². The van der Waals surface area contributed by atoms with Crippen molar-refractivity contribution in [3.63, 3.8) is 0 Å². The van der Waals surface area contributed by atoms with Gasteiger partial charge < -0.3 is 24.5 Å². The predicted molar refractivity (Wildman–Crippen MR) is 135 cm³/mol. The Labute approximate surface area is 203 Å². The minimum Gasteiger partial charge on any atom is -0.493 e. The van der Waals surface area contributed by atoms with Gasteiger partial charge in [0.15, 0.2) is 11.5 Å². The molecule has 0 aliphatic rings. The average molecular weight is 488 g/mol. The number of rotatable bonds is 13. The summed E-state index contributed by atoms with van der Waals surface area (Å²) < 4.78 is 15.9. The molecule has 0 fully saturated rings. The summed E-state index contributed by atoms with van der Waals surface area (Å²) in [5, 5.41) is 6.35. The number of unbranched alkanes of at least 4 members (excludes halogenated alkanes) is 5. The quantitative estimate of drug-likeness (QED) is 0.316. The van der Waals surface area contributed by atoms with Gasteiger partial charge in [0.05, 0.1) is 19.1 Å². The molecule has 9 heteroatoms. The highest BCUT2D eigenvalue weighted by Gasteiger charge is 2.20. The molecule has 184 valence electrons. The van der Waals surface area contributed by atoms with Crippen LogP contribution in [0.2, 0.25) is 0 Å². The SMILES string of the molecule is CCCCCCCCNc1nc2sc(C(=O)NCc3ccc(OC)c(OC)c3)c(C)c2c(=O)o1. The molecule has 0 aliphatic carbocycles. The number of methoxy groups -OCH3 is 2. The van der Waals surface area contributed by atoms with Gasteiger partial charge in [-0.25, -0.2) is 4.79 Å². The Morgan fingerprint density at radius 1 is 1.09 bits per heavy atom. The molecule has 2 heterocycles. The summed E-state index contributed by atoms with van der Waals surface area (Å²) in [6.07, 6.45) is 7.06. The lowest BCUT2D eigenvalue weighted by Gasteiger charge is -2.10. The number of aryl methyl sites for hydroxylation is 1. The molecule has 0 radical (unpaired) electrons. The smallest absolute Gasteiger partial charge is 0.349 e. The molecule has 0 aliphatic heterocycles. The van der Waals surface area contributed by atoms with Gasteiger partial charge in [-0.1, -0.05) is 45.1 Å². The maximum Gasteiger partial charge on any atom is 0.349 e. The number of amides is 1. The van der Waals surface area contributed by atoms with Gasteiger partial charge in [0.1, 0.15) is 10.2 Å². The van der Waals surface area contributed by atoms with Crippen LogP contribution in [0, 0.1) is 6.92 Å². The lowest BCUT2D eigenvalue weighted by Crippen LogP contribution is -2.22. The van der Waals surface area contributed by atoms with Gasteiger partial charge in [-0.15, -0.1) is 11.3 Å². The second-order valence-electron chi connectivity index (χ2n) is 8.11. The van der Waals surface area contributed by atoms with Crippen molar-refractivity contribution in [2.45, 2.75) is 58.9 Å². The summed E-state index contributed by atoms with van der Waals surface area (Å²) in [7, 11) is 3.14. The molecule has 2 N–H and O–H groups in total. The third-order valence-corrected chi connectivity index (χ3v) is 6.82. The largest absolute Gasteiger partial charge is 0.493 e. The van der Waals surface area contributed by atoms with Gasteiger partial charge in [0, 0.05) is 13.1 Å². The summed E-state index contributed by atoms with van der Waals surface area (Å²) in [5.41, 5.74) is 0.959. The van der Waals surface area contributed by atoms with Gasteiger partial charge in [0.2, 0.25) is 0 Å². The number of hydrogen-bond acceptors (Lipinski definition) is 8. The molecule has 0 saturated carbocycles. The molecule has 3 rings (SSSR count). The maximum atomic E-state index is 12.9. The van der Waals surface area contributed by atoms with Crippen LogP contribution in [0.25, 0.3) is 10.2 Å². The minimum atomic E-state index is -0.483. The highest BCUT2D eigenvalue weighted by molar-refractivity contribution is 7.20. The van der Waals surface area contributed by atoms with Crippen LogP contribution in [0.4, 0.5) is 6.01 Å². The molecule has 34 heavy (non-hydrogen) atoms. The zero-order chi connectivity index (χ0) is 24.5. The average Bonchev–Trinajstić information content (AvgIpc) is 3.18. The van der Waals surface area contributed by atoms with Gasteiger partial charge in [-0.05, 0) is 36.6 Å². The zero-order valence-electron chi connectivity index (χ0n) is 20.3. The molecule has 0 unspecified atom stereocenters. The second-order valence-corrected chi connectivity index (χ2v) is 9.11. The van der Waals surface area contributed by atoms with Crippen molar-refractivity contribution in [2.75, 3.05) is 26.1 Å². The highest BCUT2D eigenvalue weighted by atomic mass is 32.1. The van der Waals surface area contributed by atoms with E-state index >= 15 is 0 Å². The molecule has 1 aromatic carbocycles. The van der Waals surface area contributed by atoms with Crippen LogP contribution in [0.1, 0.15) is 66.2 Å². The van der Waals surface area contributed by atoms with E-state index < -0.39 is 5.63 Å². The molecule has 0 saturated heterocycles. The fourth-order valence-electron chi connectivity index (χ4n) is 3.72. The van der Waals surface area contributed by atoms with E-state index in [0.717, 1.165) is 18.4 Å².